The van der Waals surface area contributed by atoms with Crippen molar-refractivity contribution in [1.82, 2.24) is 10.2 Å². The Labute approximate surface area is 82.7 Å². The zero-order valence-electron chi connectivity index (χ0n) is 9.34. The molecule has 0 aromatic heterocycles. The van der Waals surface area contributed by atoms with Gasteiger partial charge in [-0.1, -0.05) is 0 Å². The van der Waals surface area contributed by atoms with Crippen molar-refractivity contribution in [2.24, 2.45) is 5.92 Å². The Morgan fingerprint density at radius 1 is 1.31 bits per heavy atom. The van der Waals surface area contributed by atoms with Crippen LogP contribution in [0.1, 0.15) is 32.6 Å². The fraction of sp³-hybridized carbons (Fsp3) is 1.00. The molecular weight excluding hydrogens is 160 g/mol. The first-order valence-corrected chi connectivity index (χ1v) is 5.58. The number of unbranched alkanes of at least 4 members (excludes halogenated alkanes) is 1. The van der Waals surface area contributed by atoms with E-state index in [1.807, 2.05) is 0 Å². The van der Waals surface area contributed by atoms with Gasteiger partial charge in [-0.25, -0.2) is 0 Å². The molecule has 1 aliphatic rings. The third kappa shape index (κ3) is 5.27. The molecule has 1 aliphatic carbocycles. The molecule has 1 unspecified atom stereocenters. The van der Waals surface area contributed by atoms with Gasteiger partial charge in [0.25, 0.3) is 0 Å². The Balaban J connectivity index is 1.83. The molecule has 0 heterocycles. The number of nitrogens with one attached hydrogen (secondary N) is 1. The smallest absolute Gasteiger partial charge is 0.00669 e. The molecule has 0 amide bonds. The molecule has 0 bridgehead atoms. The van der Waals surface area contributed by atoms with Gasteiger partial charge >= 0.3 is 0 Å². The van der Waals surface area contributed by atoms with Crippen molar-refractivity contribution in [2.75, 3.05) is 27.2 Å². The Kier molecular flexibility index (Phi) is 4.74. The van der Waals surface area contributed by atoms with Crippen molar-refractivity contribution < 1.29 is 0 Å². The second-order valence-corrected chi connectivity index (χ2v) is 4.59. The van der Waals surface area contributed by atoms with E-state index in [1.165, 1.54) is 38.8 Å². The van der Waals surface area contributed by atoms with Gasteiger partial charge in [0.15, 0.2) is 0 Å². The maximum Gasteiger partial charge on any atom is 0.00669 e. The van der Waals surface area contributed by atoms with Crippen molar-refractivity contribution in [1.29, 1.82) is 0 Å². The second kappa shape index (κ2) is 5.61. The van der Waals surface area contributed by atoms with Crippen molar-refractivity contribution in [3.63, 3.8) is 0 Å². The molecule has 1 fully saturated rings. The third-order valence-electron chi connectivity index (χ3n) is 2.83. The van der Waals surface area contributed by atoms with E-state index >= 15 is 0 Å². The Hall–Kier alpha value is -0.0800. The SMILES string of the molecule is CC(NCCCCN(C)C)C1CC1. The average Bonchev–Trinajstić information content (AvgIpc) is 2.85. The fourth-order valence-electron chi connectivity index (χ4n) is 1.65. The monoisotopic (exact) mass is 184 g/mol. The van der Waals surface area contributed by atoms with Gasteiger partial charge in [0.05, 0.1) is 0 Å². The maximum atomic E-state index is 3.60. The average molecular weight is 184 g/mol. The lowest BCUT2D eigenvalue weighted by Gasteiger charge is -2.13. The lowest BCUT2D eigenvalue weighted by Crippen LogP contribution is -2.29. The van der Waals surface area contributed by atoms with E-state index in [-0.39, 0.29) is 0 Å². The highest BCUT2D eigenvalue weighted by Crippen LogP contribution is 2.32. The van der Waals surface area contributed by atoms with Crippen LogP contribution < -0.4 is 5.32 Å². The van der Waals surface area contributed by atoms with Crippen LogP contribution in [-0.2, 0) is 0 Å². The molecule has 13 heavy (non-hydrogen) atoms. The van der Waals surface area contributed by atoms with E-state index < -0.39 is 0 Å². The minimum Gasteiger partial charge on any atom is -0.314 e. The predicted molar refractivity (Wildman–Crippen MR) is 58.0 cm³/mol. The topological polar surface area (TPSA) is 15.3 Å². The summed E-state index contributed by atoms with van der Waals surface area (Å²) in [6.45, 7) is 4.74. The standard InChI is InChI=1S/C11H24N2/c1-10(11-6-7-11)12-8-4-5-9-13(2)3/h10-12H,4-9H2,1-3H3. The first-order valence-electron chi connectivity index (χ1n) is 5.58. The lowest BCUT2D eigenvalue weighted by atomic mass is 10.2. The summed E-state index contributed by atoms with van der Waals surface area (Å²) in [5, 5.41) is 3.60. The van der Waals surface area contributed by atoms with Gasteiger partial charge < -0.3 is 10.2 Å². The number of hydrogen-bond acceptors (Lipinski definition) is 2. The van der Waals surface area contributed by atoms with Gasteiger partial charge in [0.1, 0.15) is 0 Å². The van der Waals surface area contributed by atoms with Gasteiger partial charge in [-0.15, -0.1) is 0 Å². The zero-order chi connectivity index (χ0) is 9.68. The number of nitrogens with zero attached hydrogens (tertiary/aromatic N) is 1. The van der Waals surface area contributed by atoms with E-state index in [0.717, 1.165) is 12.0 Å². The number of rotatable bonds is 7. The molecule has 2 heteroatoms. The van der Waals surface area contributed by atoms with Crippen LogP contribution in [0, 0.1) is 5.92 Å². The van der Waals surface area contributed by atoms with Crippen LogP contribution in [0.3, 0.4) is 0 Å². The van der Waals surface area contributed by atoms with Crippen LogP contribution in [0.2, 0.25) is 0 Å². The zero-order valence-corrected chi connectivity index (χ0v) is 9.34. The minimum atomic E-state index is 0.763. The molecule has 0 saturated heterocycles. The largest absolute Gasteiger partial charge is 0.314 e. The van der Waals surface area contributed by atoms with Crippen LogP contribution in [0.4, 0.5) is 0 Å². The van der Waals surface area contributed by atoms with E-state index in [1.54, 1.807) is 0 Å². The van der Waals surface area contributed by atoms with Crippen LogP contribution in [-0.4, -0.2) is 38.1 Å². The summed E-state index contributed by atoms with van der Waals surface area (Å²) in [4.78, 5) is 2.25. The molecule has 0 aromatic rings. The normalized spacial score (nSPS) is 19.4. The van der Waals surface area contributed by atoms with E-state index in [9.17, 15) is 0 Å². The van der Waals surface area contributed by atoms with Crippen LogP contribution >= 0.6 is 0 Å². The Bertz CT molecular complexity index is 130. The highest BCUT2D eigenvalue weighted by molar-refractivity contribution is 4.82. The first kappa shape index (κ1) is 11.0. The van der Waals surface area contributed by atoms with Crippen LogP contribution in [0.15, 0.2) is 0 Å². The molecule has 0 aliphatic heterocycles. The molecule has 2 nitrogen and oxygen atoms in total. The van der Waals surface area contributed by atoms with Crippen LogP contribution in [0.5, 0.6) is 0 Å². The van der Waals surface area contributed by atoms with E-state index in [4.69, 9.17) is 0 Å². The van der Waals surface area contributed by atoms with E-state index in [0.29, 0.717) is 0 Å². The predicted octanol–water partition coefficient (Wildman–Crippen LogP) is 1.72. The minimum absolute atomic E-state index is 0.763. The van der Waals surface area contributed by atoms with Gasteiger partial charge in [-0.05, 0) is 65.7 Å². The molecule has 1 rings (SSSR count). The Morgan fingerprint density at radius 3 is 2.54 bits per heavy atom. The summed E-state index contributed by atoms with van der Waals surface area (Å²) in [6.07, 6.45) is 5.53. The molecule has 0 spiro atoms. The number of hydrogen-bond donors (Lipinski definition) is 1. The van der Waals surface area contributed by atoms with Crippen molar-refractivity contribution in [2.45, 2.75) is 38.6 Å². The van der Waals surface area contributed by atoms with E-state index in [2.05, 4.69) is 31.2 Å². The highest BCUT2D eigenvalue weighted by Gasteiger charge is 2.26. The van der Waals surface area contributed by atoms with Gasteiger partial charge in [0.2, 0.25) is 0 Å². The van der Waals surface area contributed by atoms with Gasteiger partial charge in [-0.3, -0.25) is 0 Å². The van der Waals surface area contributed by atoms with Gasteiger partial charge in [0, 0.05) is 6.04 Å². The molecule has 1 N–H and O–H groups in total. The van der Waals surface area contributed by atoms with Gasteiger partial charge in [-0.2, -0.15) is 0 Å². The van der Waals surface area contributed by atoms with Crippen molar-refractivity contribution in [3.8, 4) is 0 Å². The first-order chi connectivity index (χ1) is 6.20. The van der Waals surface area contributed by atoms with Crippen molar-refractivity contribution >= 4 is 0 Å². The molecule has 0 aromatic carbocycles. The molecule has 1 atom stereocenters. The third-order valence-corrected chi connectivity index (χ3v) is 2.83. The quantitative estimate of drug-likeness (QED) is 0.606. The maximum absolute atomic E-state index is 3.60. The summed E-state index contributed by atoms with van der Waals surface area (Å²) in [5.74, 6) is 0.994. The molecule has 0 radical (unpaired) electrons. The van der Waals surface area contributed by atoms with Crippen LogP contribution in [0.25, 0.3) is 0 Å². The molecule has 1 saturated carbocycles. The molecular formula is C11H24N2. The molecule has 78 valence electrons. The summed E-state index contributed by atoms with van der Waals surface area (Å²) >= 11 is 0. The summed E-state index contributed by atoms with van der Waals surface area (Å²) in [7, 11) is 4.28. The highest BCUT2D eigenvalue weighted by atomic mass is 15.0. The lowest BCUT2D eigenvalue weighted by molar-refractivity contribution is 0.386. The summed E-state index contributed by atoms with van der Waals surface area (Å²) < 4.78 is 0. The summed E-state index contributed by atoms with van der Waals surface area (Å²) in [5.41, 5.74) is 0. The second-order valence-electron chi connectivity index (χ2n) is 4.59. The fourth-order valence-corrected chi connectivity index (χ4v) is 1.65. The Morgan fingerprint density at radius 2 is 2.00 bits per heavy atom. The van der Waals surface area contributed by atoms with Crippen molar-refractivity contribution in [3.05, 3.63) is 0 Å². The summed E-state index contributed by atoms with van der Waals surface area (Å²) in [6, 6.07) is 0.763.